The van der Waals surface area contributed by atoms with Crippen molar-refractivity contribution in [3.8, 4) is 5.88 Å². The molecule has 3 heterocycles. The van der Waals surface area contributed by atoms with E-state index in [1.54, 1.807) is 25.4 Å². The van der Waals surface area contributed by atoms with Crippen LogP contribution in [-0.2, 0) is 0 Å². The fourth-order valence-corrected chi connectivity index (χ4v) is 2.28. The van der Waals surface area contributed by atoms with Gasteiger partial charge in [-0.2, -0.15) is 4.98 Å². The summed E-state index contributed by atoms with van der Waals surface area (Å²) in [5.74, 6) is 1.16. The van der Waals surface area contributed by atoms with Gasteiger partial charge >= 0.3 is 0 Å². The van der Waals surface area contributed by atoms with E-state index in [9.17, 15) is 4.79 Å². The Labute approximate surface area is 122 Å². The fourth-order valence-electron chi connectivity index (χ4n) is 2.28. The van der Waals surface area contributed by atoms with Crippen molar-refractivity contribution < 1.29 is 13.9 Å². The summed E-state index contributed by atoms with van der Waals surface area (Å²) in [4.78, 5) is 24.6. The minimum atomic E-state index is -0.00467. The highest BCUT2D eigenvalue weighted by Crippen LogP contribution is 2.15. The number of furan rings is 1. The second-order valence-corrected chi connectivity index (χ2v) is 4.69. The summed E-state index contributed by atoms with van der Waals surface area (Å²) in [5, 5.41) is 0. The number of amides is 1. The van der Waals surface area contributed by atoms with Crippen LogP contribution in [0.5, 0.6) is 5.88 Å². The summed E-state index contributed by atoms with van der Waals surface area (Å²) in [5.41, 5.74) is 0.584. The molecule has 3 rings (SSSR count). The maximum absolute atomic E-state index is 12.2. The maximum atomic E-state index is 12.2. The number of aromatic nitrogens is 2. The number of piperazine rings is 1. The number of hydrogen-bond donors (Lipinski definition) is 0. The number of ether oxygens (including phenoxy) is 1. The van der Waals surface area contributed by atoms with Crippen molar-refractivity contribution in [1.29, 1.82) is 0 Å². The number of hydrogen-bond acceptors (Lipinski definition) is 6. The van der Waals surface area contributed by atoms with Gasteiger partial charge in [-0.3, -0.25) is 4.79 Å². The molecule has 0 saturated carbocycles. The molecule has 0 aromatic carbocycles. The van der Waals surface area contributed by atoms with Gasteiger partial charge in [0.25, 0.3) is 5.91 Å². The molecule has 0 spiro atoms. The van der Waals surface area contributed by atoms with Crippen molar-refractivity contribution in [1.82, 2.24) is 14.9 Å². The maximum Gasteiger partial charge on any atom is 0.257 e. The molecule has 110 valence electrons. The Hall–Kier alpha value is -2.57. The standard InChI is InChI=1S/C14H16N4O3/c1-20-12-2-4-15-14(16-12)18-7-5-17(6-8-18)13(19)11-3-9-21-10-11/h2-4,9-10H,5-8H2,1H3. The minimum Gasteiger partial charge on any atom is -0.481 e. The minimum absolute atomic E-state index is 0.00467. The Morgan fingerprint density at radius 3 is 2.76 bits per heavy atom. The highest BCUT2D eigenvalue weighted by Gasteiger charge is 2.24. The van der Waals surface area contributed by atoms with E-state index >= 15 is 0 Å². The summed E-state index contributed by atoms with van der Waals surface area (Å²) < 4.78 is 10.1. The summed E-state index contributed by atoms with van der Waals surface area (Å²) in [7, 11) is 1.58. The molecule has 0 radical (unpaired) electrons. The van der Waals surface area contributed by atoms with Gasteiger partial charge in [-0.15, -0.1) is 0 Å². The predicted molar refractivity (Wildman–Crippen MR) is 75.4 cm³/mol. The number of carbonyl (C=O) groups excluding carboxylic acids is 1. The lowest BCUT2D eigenvalue weighted by Crippen LogP contribution is -2.49. The number of nitrogens with zero attached hydrogens (tertiary/aromatic N) is 4. The topological polar surface area (TPSA) is 71.7 Å². The van der Waals surface area contributed by atoms with E-state index < -0.39 is 0 Å². The highest BCUT2D eigenvalue weighted by molar-refractivity contribution is 5.93. The third kappa shape index (κ3) is 2.81. The van der Waals surface area contributed by atoms with Gasteiger partial charge in [0.1, 0.15) is 6.26 Å². The predicted octanol–water partition coefficient (Wildman–Crippen LogP) is 1.04. The lowest BCUT2D eigenvalue weighted by atomic mass is 10.2. The van der Waals surface area contributed by atoms with Crippen LogP contribution in [0.3, 0.4) is 0 Å². The second-order valence-electron chi connectivity index (χ2n) is 4.69. The van der Waals surface area contributed by atoms with Gasteiger partial charge in [-0.1, -0.05) is 0 Å². The summed E-state index contributed by atoms with van der Waals surface area (Å²) in [6, 6.07) is 3.39. The van der Waals surface area contributed by atoms with E-state index in [4.69, 9.17) is 9.15 Å². The molecular weight excluding hydrogens is 272 g/mol. The first-order valence-electron chi connectivity index (χ1n) is 6.71. The summed E-state index contributed by atoms with van der Waals surface area (Å²) in [6.45, 7) is 2.64. The Kier molecular flexibility index (Phi) is 3.72. The first-order chi connectivity index (χ1) is 10.3. The molecule has 1 amide bonds. The van der Waals surface area contributed by atoms with Crippen LogP contribution in [0, 0.1) is 0 Å². The van der Waals surface area contributed by atoms with Crippen LogP contribution < -0.4 is 9.64 Å². The second kappa shape index (κ2) is 5.82. The molecule has 0 atom stereocenters. The van der Waals surface area contributed by atoms with Gasteiger partial charge in [-0.25, -0.2) is 4.98 Å². The summed E-state index contributed by atoms with van der Waals surface area (Å²) in [6.07, 6.45) is 4.65. The molecule has 21 heavy (non-hydrogen) atoms. The Balaban J connectivity index is 1.63. The molecule has 0 unspecified atom stereocenters. The molecule has 7 heteroatoms. The molecule has 0 aliphatic carbocycles. The SMILES string of the molecule is COc1ccnc(N2CCN(C(=O)c3ccoc3)CC2)n1. The van der Waals surface area contributed by atoms with Gasteiger partial charge in [0.2, 0.25) is 11.8 Å². The van der Waals surface area contributed by atoms with E-state index in [1.165, 1.54) is 12.5 Å². The molecular formula is C14H16N4O3. The molecule has 1 fully saturated rings. The molecule has 2 aromatic heterocycles. The monoisotopic (exact) mass is 288 g/mol. The Bertz CT molecular complexity index is 606. The Morgan fingerprint density at radius 2 is 2.10 bits per heavy atom. The highest BCUT2D eigenvalue weighted by atomic mass is 16.5. The molecule has 1 aliphatic rings. The first-order valence-corrected chi connectivity index (χ1v) is 6.71. The van der Waals surface area contributed by atoms with E-state index in [1.807, 2.05) is 9.80 Å². The number of anilines is 1. The Morgan fingerprint density at radius 1 is 1.29 bits per heavy atom. The molecule has 2 aromatic rings. The van der Waals surface area contributed by atoms with Crippen molar-refractivity contribution >= 4 is 11.9 Å². The van der Waals surface area contributed by atoms with Crippen molar-refractivity contribution in [3.05, 3.63) is 36.4 Å². The van der Waals surface area contributed by atoms with Crippen LogP contribution in [-0.4, -0.2) is 54.1 Å². The zero-order chi connectivity index (χ0) is 14.7. The third-order valence-corrected chi connectivity index (χ3v) is 3.44. The van der Waals surface area contributed by atoms with Crippen molar-refractivity contribution in [2.75, 3.05) is 38.2 Å². The third-order valence-electron chi connectivity index (χ3n) is 3.44. The van der Waals surface area contributed by atoms with E-state index in [0.717, 1.165) is 0 Å². The fraction of sp³-hybridized carbons (Fsp3) is 0.357. The lowest BCUT2D eigenvalue weighted by Gasteiger charge is -2.34. The summed E-state index contributed by atoms with van der Waals surface area (Å²) >= 11 is 0. The van der Waals surface area contributed by atoms with Crippen LogP contribution in [0.25, 0.3) is 0 Å². The van der Waals surface area contributed by atoms with Gasteiger partial charge < -0.3 is 19.0 Å². The largest absolute Gasteiger partial charge is 0.481 e. The zero-order valence-corrected chi connectivity index (χ0v) is 11.7. The van der Waals surface area contributed by atoms with Gasteiger partial charge in [0.15, 0.2) is 0 Å². The van der Waals surface area contributed by atoms with E-state index in [2.05, 4.69) is 9.97 Å². The molecule has 0 bridgehead atoms. The van der Waals surface area contributed by atoms with Crippen LogP contribution >= 0.6 is 0 Å². The average molecular weight is 288 g/mol. The van der Waals surface area contributed by atoms with Crippen LogP contribution in [0.4, 0.5) is 5.95 Å². The normalized spacial score (nSPS) is 15.1. The smallest absolute Gasteiger partial charge is 0.257 e. The molecule has 1 saturated heterocycles. The zero-order valence-electron chi connectivity index (χ0n) is 11.7. The number of carbonyl (C=O) groups is 1. The number of rotatable bonds is 3. The van der Waals surface area contributed by atoms with Crippen LogP contribution in [0.15, 0.2) is 35.3 Å². The van der Waals surface area contributed by atoms with E-state index in [0.29, 0.717) is 43.6 Å². The quantitative estimate of drug-likeness (QED) is 0.840. The molecule has 1 aliphatic heterocycles. The van der Waals surface area contributed by atoms with Crippen LogP contribution in [0.2, 0.25) is 0 Å². The first kappa shape index (κ1) is 13.4. The molecule has 7 nitrogen and oxygen atoms in total. The molecule has 0 N–H and O–H groups in total. The van der Waals surface area contributed by atoms with E-state index in [-0.39, 0.29) is 5.91 Å². The van der Waals surface area contributed by atoms with Crippen molar-refractivity contribution in [2.24, 2.45) is 0 Å². The van der Waals surface area contributed by atoms with Crippen molar-refractivity contribution in [3.63, 3.8) is 0 Å². The van der Waals surface area contributed by atoms with Crippen LogP contribution in [0.1, 0.15) is 10.4 Å². The van der Waals surface area contributed by atoms with Crippen molar-refractivity contribution in [2.45, 2.75) is 0 Å². The van der Waals surface area contributed by atoms with Gasteiger partial charge in [0.05, 0.1) is 18.9 Å². The average Bonchev–Trinajstić information content (AvgIpc) is 3.09. The number of methoxy groups -OCH3 is 1. The van der Waals surface area contributed by atoms with Gasteiger partial charge in [0, 0.05) is 38.4 Å². The van der Waals surface area contributed by atoms with Gasteiger partial charge in [-0.05, 0) is 6.07 Å². The lowest BCUT2D eigenvalue weighted by molar-refractivity contribution is 0.0745.